The highest BCUT2D eigenvalue weighted by Gasteiger charge is 2.27. The third-order valence-electron chi connectivity index (χ3n) is 3.95. The van der Waals surface area contributed by atoms with Crippen molar-refractivity contribution in [2.45, 2.75) is 19.4 Å². The molecule has 3 amide bonds. The Labute approximate surface area is 149 Å². The van der Waals surface area contributed by atoms with Gasteiger partial charge in [0.15, 0.2) is 0 Å². The van der Waals surface area contributed by atoms with Gasteiger partial charge in [-0.15, -0.1) is 5.10 Å². The molecule has 1 unspecified atom stereocenters. The molecule has 1 aromatic heterocycles. The van der Waals surface area contributed by atoms with Crippen LogP contribution in [0.1, 0.15) is 23.7 Å². The second-order valence-electron chi connectivity index (χ2n) is 5.66. The van der Waals surface area contributed by atoms with Gasteiger partial charge in [-0.1, -0.05) is 11.6 Å². The maximum absolute atomic E-state index is 12.5. The molecule has 0 aliphatic carbocycles. The summed E-state index contributed by atoms with van der Waals surface area (Å²) in [4.78, 5) is 26.0. The average Bonchev–Trinajstić information content (AvgIpc) is 3.26. The Morgan fingerprint density at radius 3 is 2.92 bits per heavy atom. The largest absolute Gasteiger partial charge is 0.347 e. The zero-order valence-corrected chi connectivity index (χ0v) is 14.4. The third kappa shape index (κ3) is 3.87. The average molecular weight is 364 g/mol. The molecule has 0 spiro atoms. The number of urea groups is 1. The Morgan fingerprint density at radius 2 is 2.24 bits per heavy atom. The van der Waals surface area contributed by atoms with Crippen molar-refractivity contribution in [3.8, 4) is 5.69 Å². The second-order valence-corrected chi connectivity index (χ2v) is 6.07. The number of nitrogens with one attached hydrogen (secondary N) is 2. The van der Waals surface area contributed by atoms with Crippen LogP contribution in [0.5, 0.6) is 0 Å². The van der Waals surface area contributed by atoms with E-state index in [2.05, 4.69) is 26.2 Å². The van der Waals surface area contributed by atoms with Gasteiger partial charge in [-0.25, -0.2) is 9.48 Å². The number of halogens is 1. The van der Waals surface area contributed by atoms with Gasteiger partial charge in [-0.05, 0) is 42.0 Å². The normalized spacial score (nSPS) is 16.7. The van der Waals surface area contributed by atoms with Crippen molar-refractivity contribution in [1.29, 1.82) is 0 Å². The predicted molar refractivity (Wildman–Crippen MR) is 90.7 cm³/mol. The molecule has 3 rings (SSSR count). The number of tetrazole rings is 1. The summed E-state index contributed by atoms with van der Waals surface area (Å²) in [6.07, 6.45) is 2.16. The molecule has 9 nitrogen and oxygen atoms in total. The molecule has 1 aromatic carbocycles. The molecule has 0 radical (unpaired) electrons. The minimum Gasteiger partial charge on any atom is -0.347 e. The van der Waals surface area contributed by atoms with Crippen LogP contribution in [0.2, 0.25) is 5.02 Å². The van der Waals surface area contributed by atoms with Gasteiger partial charge in [0.25, 0.3) is 5.91 Å². The van der Waals surface area contributed by atoms with Crippen molar-refractivity contribution < 1.29 is 9.59 Å². The molecule has 2 N–H and O–H groups in total. The monoisotopic (exact) mass is 363 g/mol. The molecule has 1 fully saturated rings. The SMILES string of the molecule is CCNC(=O)N1CCC(NC(=O)c2ccc(-n3cnnn3)cc2Cl)C1. The summed E-state index contributed by atoms with van der Waals surface area (Å²) in [5.41, 5.74) is 1.03. The van der Waals surface area contributed by atoms with Gasteiger partial charge in [0.05, 0.1) is 16.3 Å². The Hall–Kier alpha value is -2.68. The van der Waals surface area contributed by atoms with Gasteiger partial charge in [-0.2, -0.15) is 0 Å². The standard InChI is InChI=1S/C15H18ClN7O2/c1-2-17-15(25)22-6-5-10(8-22)19-14(24)12-4-3-11(7-13(12)16)23-9-18-20-21-23/h3-4,7,9-10H,2,5-6,8H2,1H3,(H,17,25)(H,19,24). The van der Waals surface area contributed by atoms with Crippen LogP contribution >= 0.6 is 11.6 Å². The minimum absolute atomic E-state index is 0.0923. The van der Waals surface area contributed by atoms with Crippen LogP contribution in [0.3, 0.4) is 0 Å². The molecule has 1 aliphatic heterocycles. The Kier molecular flexibility index (Phi) is 5.13. The molecule has 132 valence electrons. The van der Waals surface area contributed by atoms with Crippen LogP contribution in [-0.2, 0) is 0 Å². The van der Waals surface area contributed by atoms with Gasteiger partial charge in [0.1, 0.15) is 6.33 Å². The van der Waals surface area contributed by atoms with Crippen LogP contribution in [0, 0.1) is 0 Å². The van der Waals surface area contributed by atoms with Crippen LogP contribution in [0.15, 0.2) is 24.5 Å². The Bertz CT molecular complexity index is 765. The summed E-state index contributed by atoms with van der Waals surface area (Å²) in [5, 5.41) is 16.9. The highest BCUT2D eigenvalue weighted by atomic mass is 35.5. The van der Waals surface area contributed by atoms with Crippen LogP contribution in [0.4, 0.5) is 4.79 Å². The summed E-state index contributed by atoms with van der Waals surface area (Å²) in [5.74, 6) is -0.268. The molecular formula is C15H18ClN7O2. The van der Waals surface area contributed by atoms with Gasteiger partial charge in [0.2, 0.25) is 0 Å². The van der Waals surface area contributed by atoms with E-state index in [-0.39, 0.29) is 18.0 Å². The van der Waals surface area contributed by atoms with Gasteiger partial charge >= 0.3 is 6.03 Å². The summed E-state index contributed by atoms with van der Waals surface area (Å²) >= 11 is 6.23. The lowest BCUT2D eigenvalue weighted by atomic mass is 10.1. The first-order chi connectivity index (χ1) is 12.1. The van der Waals surface area contributed by atoms with Crippen LogP contribution in [-0.4, -0.2) is 62.7 Å². The number of carbonyl (C=O) groups excluding carboxylic acids is 2. The molecule has 1 saturated heterocycles. The molecule has 10 heteroatoms. The lowest BCUT2D eigenvalue weighted by Gasteiger charge is -2.17. The first-order valence-corrected chi connectivity index (χ1v) is 8.33. The van der Waals surface area contributed by atoms with E-state index in [9.17, 15) is 9.59 Å². The van der Waals surface area contributed by atoms with E-state index in [1.165, 1.54) is 11.0 Å². The van der Waals surface area contributed by atoms with Crippen LogP contribution < -0.4 is 10.6 Å². The number of amides is 3. The summed E-state index contributed by atoms with van der Waals surface area (Å²) < 4.78 is 1.45. The fourth-order valence-corrected chi connectivity index (χ4v) is 2.96. The van der Waals surface area contributed by atoms with Crippen molar-refractivity contribution >= 4 is 23.5 Å². The summed E-state index contributed by atoms with van der Waals surface area (Å²) in [6, 6.07) is 4.77. The number of hydrogen-bond donors (Lipinski definition) is 2. The number of hydrogen-bond acceptors (Lipinski definition) is 5. The fourth-order valence-electron chi connectivity index (χ4n) is 2.70. The molecule has 0 bridgehead atoms. The highest BCUT2D eigenvalue weighted by Crippen LogP contribution is 2.20. The summed E-state index contributed by atoms with van der Waals surface area (Å²) in [6.45, 7) is 3.55. The molecule has 2 heterocycles. The molecular weight excluding hydrogens is 346 g/mol. The zero-order valence-electron chi connectivity index (χ0n) is 13.6. The molecule has 25 heavy (non-hydrogen) atoms. The van der Waals surface area contributed by atoms with Gasteiger partial charge in [0, 0.05) is 25.7 Å². The first-order valence-electron chi connectivity index (χ1n) is 7.95. The van der Waals surface area contributed by atoms with Gasteiger partial charge in [-0.3, -0.25) is 4.79 Å². The topological polar surface area (TPSA) is 105 Å². The number of likely N-dealkylation sites (tertiary alicyclic amines) is 1. The first kappa shape index (κ1) is 17.2. The van der Waals surface area contributed by atoms with Crippen molar-refractivity contribution in [3.63, 3.8) is 0 Å². The zero-order chi connectivity index (χ0) is 17.8. The lowest BCUT2D eigenvalue weighted by Crippen LogP contribution is -2.42. The molecule has 0 saturated carbocycles. The maximum atomic E-state index is 12.5. The molecule has 1 aliphatic rings. The van der Waals surface area contributed by atoms with Crippen molar-refractivity contribution in [3.05, 3.63) is 35.1 Å². The third-order valence-corrected chi connectivity index (χ3v) is 4.26. The van der Waals surface area contributed by atoms with E-state index in [1.54, 1.807) is 23.1 Å². The smallest absolute Gasteiger partial charge is 0.317 e. The van der Waals surface area contributed by atoms with Crippen molar-refractivity contribution in [1.82, 2.24) is 35.7 Å². The van der Waals surface area contributed by atoms with E-state index in [1.807, 2.05) is 6.92 Å². The number of rotatable bonds is 4. The van der Waals surface area contributed by atoms with E-state index in [0.717, 1.165) is 0 Å². The Balaban J connectivity index is 1.63. The second kappa shape index (κ2) is 7.47. The molecule has 2 aromatic rings. The maximum Gasteiger partial charge on any atom is 0.317 e. The summed E-state index contributed by atoms with van der Waals surface area (Å²) in [7, 11) is 0. The van der Waals surface area contributed by atoms with E-state index >= 15 is 0 Å². The number of carbonyl (C=O) groups is 2. The quantitative estimate of drug-likeness (QED) is 0.837. The minimum atomic E-state index is -0.268. The predicted octanol–water partition coefficient (Wildman–Crippen LogP) is 0.849. The number of aromatic nitrogens is 4. The number of nitrogens with zero attached hydrogens (tertiary/aromatic N) is 5. The van der Waals surface area contributed by atoms with E-state index < -0.39 is 0 Å². The fraction of sp³-hybridized carbons (Fsp3) is 0.400. The highest BCUT2D eigenvalue weighted by molar-refractivity contribution is 6.34. The van der Waals surface area contributed by atoms with Crippen molar-refractivity contribution in [2.24, 2.45) is 0 Å². The number of benzene rings is 1. The van der Waals surface area contributed by atoms with E-state index in [4.69, 9.17) is 11.6 Å². The van der Waals surface area contributed by atoms with E-state index in [0.29, 0.717) is 42.3 Å². The lowest BCUT2D eigenvalue weighted by molar-refractivity contribution is 0.0938. The van der Waals surface area contributed by atoms with Crippen molar-refractivity contribution in [2.75, 3.05) is 19.6 Å². The van der Waals surface area contributed by atoms with Crippen LogP contribution in [0.25, 0.3) is 5.69 Å². The molecule has 1 atom stereocenters. The Morgan fingerprint density at radius 1 is 1.40 bits per heavy atom. The van der Waals surface area contributed by atoms with Gasteiger partial charge < -0.3 is 15.5 Å².